The van der Waals surface area contributed by atoms with Crippen molar-refractivity contribution in [2.24, 2.45) is 0 Å². The Bertz CT molecular complexity index is 909. The molecular weight excluding hydrogens is 396 g/mol. The third kappa shape index (κ3) is 5.57. The molecule has 32 heavy (non-hydrogen) atoms. The van der Waals surface area contributed by atoms with E-state index in [0.717, 1.165) is 43.1 Å². The molecule has 0 aromatic heterocycles. The highest BCUT2D eigenvalue weighted by Gasteiger charge is 2.27. The van der Waals surface area contributed by atoms with Crippen molar-refractivity contribution >= 4 is 0 Å². The number of benzene rings is 3. The van der Waals surface area contributed by atoms with Gasteiger partial charge in [0, 0.05) is 32.7 Å². The van der Waals surface area contributed by atoms with Gasteiger partial charge in [-0.1, -0.05) is 78.9 Å². The monoisotopic (exact) mass is 430 g/mol. The van der Waals surface area contributed by atoms with Crippen molar-refractivity contribution in [3.63, 3.8) is 0 Å². The van der Waals surface area contributed by atoms with Crippen LogP contribution in [0.1, 0.15) is 28.3 Å². The first-order chi connectivity index (χ1) is 15.6. The van der Waals surface area contributed by atoms with E-state index in [-0.39, 0.29) is 6.04 Å². The summed E-state index contributed by atoms with van der Waals surface area (Å²) in [6, 6.07) is 27.9. The largest absolute Gasteiger partial charge is 0.490 e. The predicted octanol–water partition coefficient (Wildman–Crippen LogP) is 4.45. The molecule has 4 heteroatoms. The average molecular weight is 431 g/mol. The maximum atomic E-state index is 10.6. The van der Waals surface area contributed by atoms with Crippen molar-refractivity contribution in [2.75, 3.05) is 39.3 Å². The zero-order valence-electron chi connectivity index (χ0n) is 19.2. The summed E-state index contributed by atoms with van der Waals surface area (Å²) >= 11 is 0. The minimum Gasteiger partial charge on any atom is -0.490 e. The second-order valence-electron chi connectivity index (χ2n) is 8.75. The maximum absolute atomic E-state index is 10.6. The van der Waals surface area contributed by atoms with E-state index in [2.05, 4.69) is 70.5 Å². The number of hydrogen-bond donors (Lipinski definition) is 1. The molecule has 0 aliphatic carbocycles. The van der Waals surface area contributed by atoms with Crippen LogP contribution in [0.25, 0.3) is 0 Å². The Kier molecular flexibility index (Phi) is 7.59. The number of aliphatic hydroxyl groups excluding tert-OH is 1. The van der Waals surface area contributed by atoms with Crippen LogP contribution in [0.3, 0.4) is 0 Å². The zero-order valence-corrected chi connectivity index (χ0v) is 19.2. The molecule has 3 aromatic rings. The molecule has 168 valence electrons. The van der Waals surface area contributed by atoms with Gasteiger partial charge in [0.2, 0.25) is 0 Å². The van der Waals surface area contributed by atoms with Crippen LogP contribution in [0.5, 0.6) is 5.75 Å². The van der Waals surface area contributed by atoms with Gasteiger partial charge in [-0.3, -0.25) is 9.80 Å². The van der Waals surface area contributed by atoms with Gasteiger partial charge in [-0.2, -0.15) is 0 Å². The molecule has 4 nitrogen and oxygen atoms in total. The van der Waals surface area contributed by atoms with E-state index < -0.39 is 6.10 Å². The summed E-state index contributed by atoms with van der Waals surface area (Å²) in [4.78, 5) is 4.91. The predicted molar refractivity (Wildman–Crippen MR) is 130 cm³/mol. The van der Waals surface area contributed by atoms with Crippen LogP contribution in [-0.4, -0.2) is 60.3 Å². The summed E-state index contributed by atoms with van der Waals surface area (Å²) in [5, 5.41) is 10.6. The Morgan fingerprint density at radius 2 is 1.28 bits per heavy atom. The summed E-state index contributed by atoms with van der Waals surface area (Å²) in [6.45, 7) is 8.88. The fourth-order valence-electron chi connectivity index (χ4n) is 4.65. The minimum absolute atomic E-state index is 0.261. The molecule has 1 atom stereocenters. The minimum atomic E-state index is -0.500. The van der Waals surface area contributed by atoms with Crippen molar-refractivity contribution in [2.45, 2.75) is 26.0 Å². The molecule has 1 N–H and O–H groups in total. The lowest BCUT2D eigenvalue weighted by Gasteiger charge is -2.40. The average Bonchev–Trinajstić information content (AvgIpc) is 2.81. The van der Waals surface area contributed by atoms with Crippen LogP contribution in [0, 0.1) is 13.8 Å². The number of nitrogens with zero attached hydrogens (tertiary/aromatic N) is 2. The Balaban J connectivity index is 1.33. The van der Waals surface area contributed by atoms with Gasteiger partial charge in [0.05, 0.1) is 6.04 Å². The van der Waals surface area contributed by atoms with Crippen LogP contribution in [0.4, 0.5) is 0 Å². The number of aliphatic hydroxyl groups is 1. The van der Waals surface area contributed by atoms with Gasteiger partial charge in [0.1, 0.15) is 18.5 Å². The van der Waals surface area contributed by atoms with Crippen molar-refractivity contribution in [1.82, 2.24) is 9.80 Å². The fraction of sp³-hybridized carbons (Fsp3) is 0.357. The molecule has 0 amide bonds. The van der Waals surface area contributed by atoms with E-state index in [1.807, 2.05) is 32.0 Å². The van der Waals surface area contributed by atoms with Crippen LogP contribution in [0.2, 0.25) is 0 Å². The molecule has 0 unspecified atom stereocenters. The summed E-state index contributed by atoms with van der Waals surface area (Å²) in [6.07, 6.45) is -0.500. The van der Waals surface area contributed by atoms with E-state index in [0.29, 0.717) is 13.2 Å². The van der Waals surface area contributed by atoms with Gasteiger partial charge < -0.3 is 9.84 Å². The third-order valence-electron chi connectivity index (χ3n) is 6.30. The van der Waals surface area contributed by atoms with Crippen molar-refractivity contribution in [3.8, 4) is 5.75 Å². The molecule has 4 rings (SSSR count). The molecule has 3 aromatic carbocycles. The normalized spacial score (nSPS) is 16.2. The Morgan fingerprint density at radius 1 is 0.750 bits per heavy atom. The van der Waals surface area contributed by atoms with E-state index >= 15 is 0 Å². The van der Waals surface area contributed by atoms with Crippen molar-refractivity contribution < 1.29 is 9.84 Å². The molecule has 1 aliphatic rings. The summed E-state index contributed by atoms with van der Waals surface area (Å²) < 4.78 is 5.96. The highest BCUT2D eigenvalue weighted by atomic mass is 16.5. The first-order valence-electron chi connectivity index (χ1n) is 11.5. The van der Waals surface area contributed by atoms with Gasteiger partial charge in [0.15, 0.2) is 0 Å². The third-order valence-corrected chi connectivity index (χ3v) is 6.30. The molecule has 0 bridgehead atoms. The number of piperazine rings is 1. The molecule has 0 radical (unpaired) electrons. The number of β-amino-alcohol motifs (C(OH)–C–C–N with tert-alkyl or cyclic N) is 1. The zero-order chi connectivity index (χ0) is 22.3. The molecule has 1 fully saturated rings. The van der Waals surface area contributed by atoms with Crippen LogP contribution >= 0.6 is 0 Å². The van der Waals surface area contributed by atoms with Gasteiger partial charge in [-0.15, -0.1) is 0 Å². The lowest BCUT2D eigenvalue weighted by molar-refractivity contribution is 0.0398. The second-order valence-corrected chi connectivity index (χ2v) is 8.75. The lowest BCUT2D eigenvalue weighted by atomic mass is 9.96. The smallest absolute Gasteiger partial charge is 0.125 e. The van der Waals surface area contributed by atoms with E-state index in [9.17, 15) is 5.11 Å². The molecular formula is C28H34N2O2. The molecule has 1 heterocycles. The molecule has 0 spiro atoms. The highest BCUT2D eigenvalue weighted by Crippen LogP contribution is 2.29. The Labute approximate surface area is 192 Å². The SMILES string of the molecule is Cc1cccc(C)c1OC[C@@H](O)CN1CCN(C(c2ccccc2)c2ccccc2)CC1. The molecule has 1 aliphatic heterocycles. The summed E-state index contributed by atoms with van der Waals surface area (Å²) in [7, 11) is 0. The van der Waals surface area contributed by atoms with Crippen LogP contribution in [0.15, 0.2) is 78.9 Å². The van der Waals surface area contributed by atoms with Crippen molar-refractivity contribution in [3.05, 3.63) is 101 Å². The first kappa shape index (κ1) is 22.5. The van der Waals surface area contributed by atoms with Crippen LogP contribution in [-0.2, 0) is 0 Å². The van der Waals surface area contributed by atoms with E-state index in [1.165, 1.54) is 11.1 Å². The second kappa shape index (κ2) is 10.8. The Morgan fingerprint density at radius 3 is 1.81 bits per heavy atom. The van der Waals surface area contributed by atoms with Gasteiger partial charge >= 0.3 is 0 Å². The van der Waals surface area contributed by atoms with Gasteiger partial charge in [-0.25, -0.2) is 0 Å². The number of ether oxygens (including phenoxy) is 1. The summed E-state index contributed by atoms with van der Waals surface area (Å²) in [5.41, 5.74) is 4.88. The molecule has 1 saturated heterocycles. The first-order valence-corrected chi connectivity index (χ1v) is 11.5. The topological polar surface area (TPSA) is 35.9 Å². The lowest BCUT2D eigenvalue weighted by Crippen LogP contribution is -2.50. The van der Waals surface area contributed by atoms with Crippen molar-refractivity contribution in [1.29, 1.82) is 0 Å². The number of para-hydroxylation sites is 1. The standard InChI is InChI=1S/C28H34N2O2/c1-22-10-9-11-23(2)28(22)32-21-26(31)20-29-16-18-30(19-17-29)27(24-12-5-3-6-13-24)25-14-7-4-8-15-25/h3-15,26-27,31H,16-21H2,1-2H3/t26-/m0/s1. The fourth-order valence-corrected chi connectivity index (χ4v) is 4.65. The number of aryl methyl sites for hydroxylation is 2. The van der Waals surface area contributed by atoms with Crippen LogP contribution < -0.4 is 4.74 Å². The van der Waals surface area contributed by atoms with Gasteiger partial charge in [-0.05, 0) is 36.1 Å². The maximum Gasteiger partial charge on any atom is 0.125 e. The Hall–Kier alpha value is -2.66. The van der Waals surface area contributed by atoms with E-state index in [4.69, 9.17) is 4.74 Å². The number of hydrogen-bond acceptors (Lipinski definition) is 4. The number of rotatable bonds is 8. The summed E-state index contributed by atoms with van der Waals surface area (Å²) in [5.74, 6) is 0.893. The quantitative estimate of drug-likeness (QED) is 0.573. The van der Waals surface area contributed by atoms with E-state index in [1.54, 1.807) is 0 Å². The van der Waals surface area contributed by atoms with Gasteiger partial charge in [0.25, 0.3) is 0 Å². The highest BCUT2D eigenvalue weighted by molar-refractivity contribution is 5.39. The molecule has 0 saturated carbocycles.